The number of hydrogen-bond donors (Lipinski definition) is 0. The van der Waals surface area contributed by atoms with Crippen LogP contribution in [0.1, 0.15) is 0 Å². The SMILES string of the molecule is O=S1(=O)c2ccccc2-n2c(nc3cc(-c4ccc5c(c4)c4ccccc4n5-c4ccccc4)ccc32)N1c1ccccc1. The molecular weight excluding hydrogens is 565 g/mol. The monoisotopic (exact) mass is 588 g/mol. The molecule has 0 radical (unpaired) electrons. The lowest BCUT2D eigenvalue weighted by molar-refractivity contribution is 0.592. The van der Waals surface area contributed by atoms with Gasteiger partial charge in [-0.2, -0.15) is 0 Å². The van der Waals surface area contributed by atoms with Crippen molar-refractivity contribution < 1.29 is 8.42 Å². The van der Waals surface area contributed by atoms with Crippen molar-refractivity contribution in [2.24, 2.45) is 0 Å². The van der Waals surface area contributed by atoms with E-state index in [1.54, 1.807) is 24.3 Å². The lowest BCUT2D eigenvalue weighted by atomic mass is 10.0. The summed E-state index contributed by atoms with van der Waals surface area (Å²) in [5.74, 6) is 0.350. The van der Waals surface area contributed by atoms with Gasteiger partial charge in [0.15, 0.2) is 0 Å². The smallest absolute Gasteiger partial charge is 0.273 e. The summed E-state index contributed by atoms with van der Waals surface area (Å²) in [5, 5.41) is 2.36. The molecule has 8 aromatic rings. The van der Waals surface area contributed by atoms with Crippen molar-refractivity contribution in [2.75, 3.05) is 4.31 Å². The molecule has 210 valence electrons. The average Bonchev–Trinajstić information content (AvgIpc) is 3.60. The third-order valence-electron chi connectivity index (χ3n) is 8.45. The third-order valence-corrected chi connectivity index (χ3v) is 10.2. The molecule has 1 aliphatic rings. The number of imidazole rings is 1. The number of hydrogen-bond acceptors (Lipinski definition) is 3. The van der Waals surface area contributed by atoms with E-state index in [-0.39, 0.29) is 4.90 Å². The third kappa shape index (κ3) is 3.47. The Bertz CT molecular complexity index is 2520. The molecule has 3 heterocycles. The van der Waals surface area contributed by atoms with Gasteiger partial charge in [0.2, 0.25) is 5.95 Å². The van der Waals surface area contributed by atoms with Crippen LogP contribution >= 0.6 is 0 Å². The van der Waals surface area contributed by atoms with Crippen LogP contribution < -0.4 is 4.31 Å². The summed E-state index contributed by atoms with van der Waals surface area (Å²) in [6.45, 7) is 0. The minimum atomic E-state index is -3.88. The highest BCUT2D eigenvalue weighted by molar-refractivity contribution is 7.93. The molecule has 0 saturated carbocycles. The van der Waals surface area contributed by atoms with Gasteiger partial charge in [0, 0.05) is 16.5 Å². The molecule has 0 saturated heterocycles. The van der Waals surface area contributed by atoms with E-state index in [1.807, 2.05) is 47.0 Å². The minimum Gasteiger partial charge on any atom is -0.309 e. The molecule has 2 aromatic heterocycles. The minimum absolute atomic E-state index is 0.250. The first-order valence-electron chi connectivity index (χ1n) is 14.4. The second-order valence-corrected chi connectivity index (χ2v) is 12.7. The van der Waals surface area contributed by atoms with Crippen LogP contribution in [0, 0.1) is 0 Å². The fourth-order valence-electron chi connectivity index (χ4n) is 6.51. The maximum Gasteiger partial charge on any atom is 0.273 e. The number of nitrogens with zero attached hydrogens (tertiary/aromatic N) is 4. The first-order valence-corrected chi connectivity index (χ1v) is 15.8. The summed E-state index contributed by atoms with van der Waals surface area (Å²) in [5.41, 5.74) is 8.19. The molecular formula is C37H24N4O2S. The molecule has 44 heavy (non-hydrogen) atoms. The number of benzene rings is 6. The Morgan fingerprint density at radius 2 is 1.11 bits per heavy atom. The summed E-state index contributed by atoms with van der Waals surface area (Å²) < 4.78 is 33.5. The second-order valence-electron chi connectivity index (χ2n) is 10.9. The van der Waals surface area contributed by atoms with Gasteiger partial charge in [0.25, 0.3) is 10.0 Å². The van der Waals surface area contributed by atoms with Gasteiger partial charge in [-0.3, -0.25) is 4.57 Å². The quantitative estimate of drug-likeness (QED) is 0.208. The Hall–Kier alpha value is -5.66. The zero-order valence-corrected chi connectivity index (χ0v) is 24.2. The summed E-state index contributed by atoms with van der Waals surface area (Å²) in [6, 6.07) is 47.9. The molecule has 1 aliphatic heterocycles. The van der Waals surface area contributed by atoms with Crippen molar-refractivity contribution >= 4 is 54.5 Å². The summed E-state index contributed by atoms with van der Waals surface area (Å²) in [7, 11) is -3.88. The Morgan fingerprint density at radius 1 is 0.500 bits per heavy atom. The molecule has 6 nitrogen and oxygen atoms in total. The van der Waals surface area contributed by atoms with Crippen LogP contribution in [0.5, 0.6) is 0 Å². The first-order chi connectivity index (χ1) is 21.6. The number of para-hydroxylation sites is 4. The maximum absolute atomic E-state index is 13.9. The molecule has 0 spiro atoms. The maximum atomic E-state index is 13.9. The molecule has 6 aromatic carbocycles. The van der Waals surface area contributed by atoms with Crippen LogP contribution in [-0.4, -0.2) is 22.5 Å². The van der Waals surface area contributed by atoms with Gasteiger partial charge in [-0.15, -0.1) is 0 Å². The second kappa shape index (κ2) is 9.17. The zero-order valence-electron chi connectivity index (χ0n) is 23.4. The van der Waals surface area contributed by atoms with E-state index < -0.39 is 10.0 Å². The van der Waals surface area contributed by atoms with Gasteiger partial charge in [-0.1, -0.05) is 78.9 Å². The largest absolute Gasteiger partial charge is 0.309 e. The number of aromatic nitrogens is 3. The van der Waals surface area contributed by atoms with Gasteiger partial charge in [-0.25, -0.2) is 17.7 Å². The van der Waals surface area contributed by atoms with Gasteiger partial charge in [-0.05, 0) is 77.9 Å². The lowest BCUT2D eigenvalue weighted by Crippen LogP contribution is -2.33. The number of anilines is 2. The number of rotatable bonds is 3. The van der Waals surface area contributed by atoms with Crippen LogP contribution in [0.2, 0.25) is 0 Å². The van der Waals surface area contributed by atoms with Crippen LogP contribution in [-0.2, 0) is 10.0 Å². The van der Waals surface area contributed by atoms with Crippen LogP contribution in [0.3, 0.4) is 0 Å². The van der Waals surface area contributed by atoms with Gasteiger partial charge < -0.3 is 4.57 Å². The normalized spacial score (nSPS) is 13.8. The fraction of sp³-hybridized carbons (Fsp3) is 0. The standard InChI is InChI=1S/C37H24N4O2S/c42-44(43)36-18-10-9-17-35(36)40-34-22-20-26(24-31(34)38-37(40)41(44)28-13-5-2-6-14-28)25-19-21-33-30(23-25)29-15-7-8-16-32(29)39(33)27-11-3-1-4-12-27/h1-24H. The summed E-state index contributed by atoms with van der Waals surface area (Å²) in [4.78, 5) is 5.20. The molecule has 0 amide bonds. The highest BCUT2D eigenvalue weighted by Gasteiger charge is 2.38. The fourth-order valence-corrected chi connectivity index (χ4v) is 8.12. The van der Waals surface area contributed by atoms with E-state index in [4.69, 9.17) is 4.98 Å². The number of fused-ring (bicyclic) bond motifs is 8. The van der Waals surface area contributed by atoms with Crippen LogP contribution in [0.15, 0.2) is 150 Å². The van der Waals surface area contributed by atoms with E-state index in [9.17, 15) is 8.42 Å². The van der Waals surface area contributed by atoms with Gasteiger partial charge >= 0.3 is 0 Å². The Labute approximate surface area is 253 Å². The van der Waals surface area contributed by atoms with E-state index in [0.717, 1.165) is 38.9 Å². The van der Waals surface area contributed by atoms with Crippen molar-refractivity contribution in [3.63, 3.8) is 0 Å². The van der Waals surface area contributed by atoms with E-state index >= 15 is 0 Å². The van der Waals surface area contributed by atoms with Crippen molar-refractivity contribution in [2.45, 2.75) is 4.90 Å². The summed E-state index contributed by atoms with van der Waals surface area (Å²) >= 11 is 0. The lowest BCUT2D eigenvalue weighted by Gasteiger charge is -2.30. The number of sulfonamides is 1. The van der Waals surface area contributed by atoms with Crippen molar-refractivity contribution in [1.29, 1.82) is 0 Å². The Morgan fingerprint density at radius 3 is 1.91 bits per heavy atom. The van der Waals surface area contributed by atoms with Crippen LogP contribution in [0.4, 0.5) is 11.6 Å². The van der Waals surface area contributed by atoms with Gasteiger partial charge in [0.05, 0.1) is 33.4 Å². The summed E-state index contributed by atoms with van der Waals surface area (Å²) in [6.07, 6.45) is 0. The van der Waals surface area contributed by atoms with E-state index in [2.05, 4.69) is 83.4 Å². The zero-order chi connectivity index (χ0) is 29.4. The predicted octanol–water partition coefficient (Wildman–Crippen LogP) is 8.63. The first kappa shape index (κ1) is 24.9. The molecule has 0 unspecified atom stereocenters. The predicted molar refractivity (Wildman–Crippen MR) is 177 cm³/mol. The van der Waals surface area contributed by atoms with Crippen LogP contribution in [0.25, 0.3) is 55.3 Å². The van der Waals surface area contributed by atoms with Gasteiger partial charge in [0.1, 0.15) is 4.90 Å². The van der Waals surface area contributed by atoms with Crippen molar-refractivity contribution in [1.82, 2.24) is 14.1 Å². The van der Waals surface area contributed by atoms with E-state index in [0.29, 0.717) is 17.3 Å². The molecule has 0 fully saturated rings. The highest BCUT2D eigenvalue weighted by atomic mass is 32.2. The topological polar surface area (TPSA) is 60.1 Å². The van der Waals surface area contributed by atoms with Crippen molar-refractivity contribution in [3.8, 4) is 22.5 Å². The van der Waals surface area contributed by atoms with Crippen molar-refractivity contribution in [3.05, 3.63) is 146 Å². The van der Waals surface area contributed by atoms with E-state index in [1.165, 1.54) is 15.1 Å². The molecule has 0 bridgehead atoms. The Kier molecular flexibility index (Phi) is 5.19. The molecule has 7 heteroatoms. The highest BCUT2D eigenvalue weighted by Crippen LogP contribution is 2.43. The molecule has 0 atom stereocenters. The Balaban J connectivity index is 1.25. The molecule has 0 N–H and O–H groups in total. The molecule has 9 rings (SSSR count). The molecule has 0 aliphatic carbocycles. The average molecular weight is 589 g/mol.